The molecule has 0 unspecified atom stereocenters. The molecule has 33 heavy (non-hydrogen) atoms. The van der Waals surface area contributed by atoms with Crippen LogP contribution in [0.4, 0.5) is 0 Å². The molecule has 0 radical (unpaired) electrons. The molecular weight excluding hydrogens is 438 g/mol. The molecule has 2 aromatic carbocycles. The van der Waals surface area contributed by atoms with E-state index in [0.29, 0.717) is 31.0 Å². The van der Waals surface area contributed by atoms with Gasteiger partial charge in [-0.3, -0.25) is 9.59 Å². The summed E-state index contributed by atoms with van der Waals surface area (Å²) < 4.78 is 5.62. The smallest absolute Gasteiger partial charge is 0.246 e. The van der Waals surface area contributed by atoms with Gasteiger partial charge in [0.05, 0.1) is 18.7 Å². The third-order valence-electron chi connectivity index (χ3n) is 6.55. The standard InChI is InChI=1S/C26H28ClN3O3/c1-16(2)33-13-5-12-29-15-23(31)30-22(26(29)32)14-20-19-6-3-4-7-21(19)28-24(20)25(30)17-8-10-18(27)11-9-17/h3-4,6-11,16,22,25,28H,5,12-15H2,1-2H3/t22-,25+/m0/s1. The molecule has 7 heteroatoms. The minimum Gasteiger partial charge on any atom is -0.379 e. The second-order valence-electron chi connectivity index (χ2n) is 9.07. The van der Waals surface area contributed by atoms with Crippen LogP contribution >= 0.6 is 11.6 Å². The molecular formula is C26H28ClN3O3. The van der Waals surface area contributed by atoms with Crippen LogP contribution in [0.2, 0.25) is 5.02 Å². The van der Waals surface area contributed by atoms with Crippen molar-refractivity contribution in [2.75, 3.05) is 19.7 Å². The van der Waals surface area contributed by atoms with Gasteiger partial charge in [-0.2, -0.15) is 0 Å². The minimum absolute atomic E-state index is 0.00837. The molecule has 2 amide bonds. The molecule has 1 fully saturated rings. The van der Waals surface area contributed by atoms with Gasteiger partial charge in [0.25, 0.3) is 0 Å². The van der Waals surface area contributed by atoms with Crippen LogP contribution in [0.15, 0.2) is 48.5 Å². The van der Waals surface area contributed by atoms with Gasteiger partial charge in [0, 0.05) is 41.2 Å². The molecule has 0 bridgehead atoms. The van der Waals surface area contributed by atoms with Crippen molar-refractivity contribution in [2.45, 2.75) is 44.9 Å². The third kappa shape index (κ3) is 4.02. The van der Waals surface area contributed by atoms with Crippen LogP contribution in [0, 0.1) is 0 Å². The number of fused-ring (bicyclic) bond motifs is 4. The normalized spacial score (nSPS) is 20.5. The van der Waals surface area contributed by atoms with Crippen LogP contribution in [0.1, 0.15) is 43.1 Å². The van der Waals surface area contributed by atoms with E-state index in [1.54, 1.807) is 9.80 Å². The van der Waals surface area contributed by atoms with Crippen LogP contribution in [-0.4, -0.2) is 58.4 Å². The number of carbonyl (C=O) groups excluding carboxylic acids is 2. The van der Waals surface area contributed by atoms with E-state index in [-0.39, 0.29) is 30.5 Å². The third-order valence-corrected chi connectivity index (χ3v) is 6.80. The van der Waals surface area contributed by atoms with Crippen LogP contribution in [0.25, 0.3) is 10.9 Å². The second-order valence-corrected chi connectivity index (χ2v) is 9.51. The molecule has 2 aliphatic heterocycles. The van der Waals surface area contributed by atoms with E-state index in [9.17, 15) is 9.59 Å². The van der Waals surface area contributed by atoms with Crippen LogP contribution in [0.3, 0.4) is 0 Å². The maximum absolute atomic E-state index is 13.6. The number of carbonyl (C=O) groups is 2. The monoisotopic (exact) mass is 465 g/mol. The Labute approximate surface area is 198 Å². The fourth-order valence-electron chi connectivity index (χ4n) is 5.08. The molecule has 0 aliphatic carbocycles. The topological polar surface area (TPSA) is 65.6 Å². The van der Waals surface area contributed by atoms with Gasteiger partial charge in [0.15, 0.2) is 0 Å². The van der Waals surface area contributed by atoms with E-state index in [1.807, 2.05) is 56.3 Å². The van der Waals surface area contributed by atoms with Crippen molar-refractivity contribution in [1.82, 2.24) is 14.8 Å². The number of rotatable bonds is 6. The Kier molecular flexibility index (Phi) is 5.89. The number of ether oxygens (including phenoxy) is 1. The molecule has 172 valence electrons. The highest BCUT2D eigenvalue weighted by Crippen LogP contribution is 2.42. The molecule has 0 spiro atoms. The Balaban J connectivity index is 1.52. The molecule has 3 aromatic rings. The Morgan fingerprint density at radius 3 is 2.64 bits per heavy atom. The first-order valence-corrected chi connectivity index (χ1v) is 11.9. The highest BCUT2D eigenvalue weighted by atomic mass is 35.5. The number of piperazine rings is 1. The quantitative estimate of drug-likeness (QED) is 0.551. The zero-order valence-corrected chi connectivity index (χ0v) is 19.6. The lowest BCUT2D eigenvalue weighted by Gasteiger charge is -2.47. The Morgan fingerprint density at radius 2 is 1.88 bits per heavy atom. The lowest BCUT2D eigenvalue weighted by molar-refractivity contribution is -0.158. The molecule has 5 rings (SSSR count). The first kappa shape index (κ1) is 22.0. The van der Waals surface area contributed by atoms with Gasteiger partial charge >= 0.3 is 0 Å². The molecule has 0 saturated carbocycles. The molecule has 6 nitrogen and oxygen atoms in total. The van der Waals surface area contributed by atoms with Crippen LogP contribution in [0.5, 0.6) is 0 Å². The number of halogens is 1. The summed E-state index contributed by atoms with van der Waals surface area (Å²) in [5, 5.41) is 1.74. The number of benzene rings is 2. The van der Waals surface area contributed by atoms with Crippen LogP contribution in [-0.2, 0) is 20.7 Å². The van der Waals surface area contributed by atoms with Gasteiger partial charge in [-0.05, 0) is 49.6 Å². The maximum atomic E-state index is 13.6. The fraction of sp³-hybridized carbons (Fsp3) is 0.385. The summed E-state index contributed by atoms with van der Waals surface area (Å²) in [5.41, 5.74) is 4.05. The van der Waals surface area contributed by atoms with Crippen molar-refractivity contribution in [1.29, 1.82) is 0 Å². The number of aromatic amines is 1. The van der Waals surface area contributed by atoms with Gasteiger partial charge in [0.1, 0.15) is 6.04 Å². The lowest BCUT2D eigenvalue weighted by Crippen LogP contribution is -2.63. The number of para-hydroxylation sites is 1. The number of hydrogen-bond donors (Lipinski definition) is 1. The van der Waals surface area contributed by atoms with E-state index in [4.69, 9.17) is 16.3 Å². The Morgan fingerprint density at radius 1 is 1.12 bits per heavy atom. The SMILES string of the molecule is CC(C)OCCCN1CC(=O)N2[C@H](c3ccc(Cl)cc3)c3[nH]c4ccccc4c3C[C@H]2C1=O. The number of amides is 2. The molecule has 1 aromatic heterocycles. The van der Waals surface area contributed by atoms with Gasteiger partial charge in [-0.1, -0.05) is 41.9 Å². The summed E-state index contributed by atoms with van der Waals surface area (Å²) in [6.07, 6.45) is 1.37. The van der Waals surface area contributed by atoms with Crippen molar-refractivity contribution in [2.24, 2.45) is 0 Å². The average molecular weight is 466 g/mol. The van der Waals surface area contributed by atoms with Crippen molar-refractivity contribution in [3.8, 4) is 0 Å². The second kappa shape index (κ2) is 8.84. The van der Waals surface area contributed by atoms with Crippen molar-refractivity contribution in [3.63, 3.8) is 0 Å². The van der Waals surface area contributed by atoms with Gasteiger partial charge in [-0.25, -0.2) is 0 Å². The molecule has 1 N–H and O–H groups in total. The van der Waals surface area contributed by atoms with Gasteiger partial charge < -0.3 is 19.5 Å². The first-order valence-electron chi connectivity index (χ1n) is 11.5. The average Bonchev–Trinajstić information content (AvgIpc) is 3.17. The van der Waals surface area contributed by atoms with E-state index >= 15 is 0 Å². The largest absolute Gasteiger partial charge is 0.379 e. The summed E-state index contributed by atoms with van der Waals surface area (Å²) in [6, 6.07) is 14.8. The minimum atomic E-state index is -0.523. The fourth-order valence-corrected chi connectivity index (χ4v) is 5.20. The molecule has 2 atom stereocenters. The predicted molar refractivity (Wildman–Crippen MR) is 128 cm³/mol. The number of nitrogens with zero attached hydrogens (tertiary/aromatic N) is 2. The van der Waals surface area contributed by atoms with Crippen molar-refractivity contribution >= 4 is 34.3 Å². The number of H-pyrrole nitrogens is 1. The zero-order valence-electron chi connectivity index (χ0n) is 18.9. The maximum Gasteiger partial charge on any atom is 0.246 e. The molecule has 3 heterocycles. The molecule has 2 aliphatic rings. The Hall–Kier alpha value is -2.83. The van der Waals surface area contributed by atoms with Crippen LogP contribution < -0.4 is 0 Å². The highest BCUT2D eigenvalue weighted by molar-refractivity contribution is 6.30. The van der Waals surface area contributed by atoms with Crippen molar-refractivity contribution in [3.05, 3.63) is 70.4 Å². The summed E-state index contributed by atoms with van der Waals surface area (Å²) in [6.45, 7) is 5.17. The number of aromatic nitrogens is 1. The zero-order chi connectivity index (χ0) is 23.1. The summed E-state index contributed by atoms with van der Waals surface area (Å²) in [5.74, 6) is -0.0253. The number of hydrogen-bond acceptors (Lipinski definition) is 3. The summed E-state index contributed by atoms with van der Waals surface area (Å²) >= 11 is 6.14. The summed E-state index contributed by atoms with van der Waals surface area (Å²) in [7, 11) is 0. The lowest BCUT2D eigenvalue weighted by atomic mass is 9.86. The predicted octanol–water partition coefficient (Wildman–Crippen LogP) is 4.32. The number of nitrogens with one attached hydrogen (secondary N) is 1. The highest BCUT2D eigenvalue weighted by Gasteiger charge is 2.48. The van der Waals surface area contributed by atoms with E-state index < -0.39 is 6.04 Å². The Bertz CT molecular complexity index is 1190. The molecule has 1 saturated heterocycles. The van der Waals surface area contributed by atoms with E-state index in [1.165, 1.54) is 0 Å². The summed E-state index contributed by atoms with van der Waals surface area (Å²) in [4.78, 5) is 34.1. The van der Waals surface area contributed by atoms with E-state index in [0.717, 1.165) is 27.7 Å². The van der Waals surface area contributed by atoms with Crippen molar-refractivity contribution < 1.29 is 14.3 Å². The van der Waals surface area contributed by atoms with Gasteiger partial charge in [-0.15, -0.1) is 0 Å². The van der Waals surface area contributed by atoms with Gasteiger partial charge in [0.2, 0.25) is 11.8 Å². The van der Waals surface area contributed by atoms with E-state index in [2.05, 4.69) is 11.1 Å². The first-order chi connectivity index (χ1) is 15.9.